The van der Waals surface area contributed by atoms with Gasteiger partial charge in [-0.25, -0.2) is 0 Å². The molecule has 0 fully saturated rings. The number of hydrogen-bond donors (Lipinski definition) is 1. The Morgan fingerprint density at radius 3 is 2.46 bits per heavy atom. The lowest BCUT2D eigenvalue weighted by Gasteiger charge is -2.14. The van der Waals surface area contributed by atoms with Crippen molar-refractivity contribution in [2.75, 3.05) is 13.7 Å². The molecule has 0 bridgehead atoms. The molecule has 0 aliphatic carbocycles. The van der Waals surface area contributed by atoms with Gasteiger partial charge < -0.3 is 19.5 Å². The molecule has 0 heterocycles. The molecular formula is C22H27NO5. The highest BCUT2D eigenvalue weighted by Crippen LogP contribution is 2.19. The molecule has 0 radical (unpaired) electrons. The maximum atomic E-state index is 12.2. The van der Waals surface area contributed by atoms with E-state index >= 15 is 0 Å². The second-order valence-corrected chi connectivity index (χ2v) is 6.24. The summed E-state index contributed by atoms with van der Waals surface area (Å²) in [5.74, 6) is 0.767. The van der Waals surface area contributed by atoms with Crippen LogP contribution in [0.25, 0.3) is 0 Å². The molecule has 0 aliphatic heterocycles. The second-order valence-electron chi connectivity index (χ2n) is 6.24. The number of benzene rings is 2. The molecule has 2 aromatic rings. The van der Waals surface area contributed by atoms with Crippen LogP contribution in [0.4, 0.5) is 0 Å². The molecule has 150 valence electrons. The van der Waals surface area contributed by atoms with Crippen molar-refractivity contribution in [1.29, 1.82) is 0 Å². The average molecular weight is 385 g/mol. The number of hydrogen-bond acceptors (Lipinski definition) is 5. The monoisotopic (exact) mass is 385 g/mol. The van der Waals surface area contributed by atoms with E-state index in [0.29, 0.717) is 19.6 Å². The van der Waals surface area contributed by atoms with E-state index in [-0.39, 0.29) is 12.3 Å². The Morgan fingerprint density at radius 2 is 1.79 bits per heavy atom. The highest BCUT2D eigenvalue weighted by molar-refractivity contribution is 5.83. The lowest BCUT2D eigenvalue weighted by Crippen LogP contribution is -2.35. The van der Waals surface area contributed by atoms with Crippen molar-refractivity contribution in [3.05, 3.63) is 59.7 Å². The molecule has 2 aromatic carbocycles. The molecule has 0 spiro atoms. The summed E-state index contributed by atoms with van der Waals surface area (Å²) in [5.41, 5.74) is 1.87. The third-order valence-corrected chi connectivity index (χ3v) is 4.17. The minimum absolute atomic E-state index is 0.181. The average Bonchev–Trinajstić information content (AvgIpc) is 2.72. The first kappa shape index (κ1) is 21.3. The van der Waals surface area contributed by atoms with E-state index in [9.17, 15) is 9.59 Å². The zero-order valence-corrected chi connectivity index (χ0v) is 16.6. The molecule has 0 saturated carbocycles. The minimum atomic E-state index is -0.854. The van der Waals surface area contributed by atoms with Gasteiger partial charge in [-0.05, 0) is 49.6 Å². The predicted molar refractivity (Wildman–Crippen MR) is 106 cm³/mol. The number of aryl methyl sites for hydroxylation is 1. The van der Waals surface area contributed by atoms with Crippen LogP contribution in [-0.2, 0) is 27.3 Å². The minimum Gasteiger partial charge on any atom is -0.497 e. The molecule has 1 atom stereocenters. The van der Waals surface area contributed by atoms with Crippen molar-refractivity contribution in [3.8, 4) is 11.5 Å². The van der Waals surface area contributed by atoms with Gasteiger partial charge in [-0.3, -0.25) is 9.59 Å². The van der Waals surface area contributed by atoms with E-state index in [4.69, 9.17) is 14.2 Å². The maximum absolute atomic E-state index is 12.2. The molecule has 0 aliphatic rings. The maximum Gasteiger partial charge on any atom is 0.306 e. The zero-order chi connectivity index (χ0) is 20.4. The number of ether oxygens (including phenoxy) is 3. The van der Waals surface area contributed by atoms with Crippen LogP contribution < -0.4 is 14.8 Å². The van der Waals surface area contributed by atoms with E-state index in [1.54, 1.807) is 14.0 Å². The molecular weight excluding hydrogens is 358 g/mol. The van der Waals surface area contributed by atoms with Crippen molar-refractivity contribution in [2.24, 2.45) is 0 Å². The van der Waals surface area contributed by atoms with Crippen LogP contribution in [-0.4, -0.2) is 31.7 Å². The number of methoxy groups -OCH3 is 1. The molecule has 6 nitrogen and oxygen atoms in total. The van der Waals surface area contributed by atoms with Gasteiger partial charge in [0.05, 0.1) is 13.7 Å². The second kappa shape index (κ2) is 11.0. The highest BCUT2D eigenvalue weighted by Gasteiger charge is 2.18. The lowest BCUT2D eigenvalue weighted by molar-refractivity contribution is -0.154. The number of rotatable bonds is 10. The number of amides is 1. The molecule has 28 heavy (non-hydrogen) atoms. The van der Waals surface area contributed by atoms with Crippen molar-refractivity contribution in [2.45, 2.75) is 39.3 Å². The molecule has 1 N–H and O–H groups in total. The third-order valence-electron chi connectivity index (χ3n) is 4.17. The summed E-state index contributed by atoms with van der Waals surface area (Å²) in [6, 6.07) is 15.0. The molecule has 0 aromatic heterocycles. The quantitative estimate of drug-likeness (QED) is 0.636. The van der Waals surface area contributed by atoms with E-state index in [0.717, 1.165) is 22.6 Å². The van der Waals surface area contributed by atoms with Crippen LogP contribution in [0.15, 0.2) is 48.5 Å². The Morgan fingerprint density at radius 1 is 1.07 bits per heavy atom. The predicted octanol–water partition coefficient (Wildman–Crippen LogP) is 3.27. The van der Waals surface area contributed by atoms with Crippen LogP contribution in [0.3, 0.4) is 0 Å². The molecule has 2 rings (SSSR count). The summed E-state index contributed by atoms with van der Waals surface area (Å²) in [5, 5.41) is 2.76. The van der Waals surface area contributed by atoms with E-state index in [2.05, 4.69) is 5.32 Å². The fourth-order valence-corrected chi connectivity index (χ4v) is 2.63. The summed E-state index contributed by atoms with van der Waals surface area (Å²) in [6.07, 6.45) is -0.178. The largest absolute Gasteiger partial charge is 0.497 e. The van der Waals surface area contributed by atoms with Crippen molar-refractivity contribution in [3.63, 3.8) is 0 Å². The number of para-hydroxylation sites is 1. The van der Waals surface area contributed by atoms with Gasteiger partial charge in [-0.1, -0.05) is 30.3 Å². The lowest BCUT2D eigenvalue weighted by atomic mass is 10.1. The van der Waals surface area contributed by atoms with E-state index in [1.807, 2.05) is 55.5 Å². The van der Waals surface area contributed by atoms with Crippen LogP contribution in [0.1, 0.15) is 31.4 Å². The van der Waals surface area contributed by atoms with Crippen molar-refractivity contribution < 1.29 is 23.8 Å². The van der Waals surface area contributed by atoms with E-state index < -0.39 is 12.1 Å². The van der Waals surface area contributed by atoms with Gasteiger partial charge in [0, 0.05) is 13.0 Å². The highest BCUT2D eigenvalue weighted by atomic mass is 16.5. The van der Waals surface area contributed by atoms with Gasteiger partial charge in [0.2, 0.25) is 0 Å². The molecule has 6 heteroatoms. The van der Waals surface area contributed by atoms with Crippen molar-refractivity contribution in [1.82, 2.24) is 5.32 Å². The number of carbonyl (C=O) groups is 2. The summed E-state index contributed by atoms with van der Waals surface area (Å²) in [6.45, 7) is 4.39. The summed E-state index contributed by atoms with van der Waals surface area (Å²) in [7, 11) is 1.60. The SMILES string of the molecule is CCOc1ccccc1CCC(=O)O[C@H](C)C(=O)NCc1ccc(OC)cc1. The standard InChI is InChI=1S/C22H27NO5/c1-4-27-20-8-6-5-7-18(20)11-14-21(24)28-16(2)22(25)23-15-17-9-12-19(26-3)13-10-17/h5-10,12-13,16H,4,11,14-15H2,1-3H3,(H,23,25)/t16-/m1/s1. The Balaban J connectivity index is 1.77. The Hall–Kier alpha value is -3.02. The smallest absolute Gasteiger partial charge is 0.306 e. The van der Waals surface area contributed by atoms with Crippen LogP contribution >= 0.6 is 0 Å². The van der Waals surface area contributed by atoms with Gasteiger partial charge in [-0.15, -0.1) is 0 Å². The Labute approximate surface area is 165 Å². The molecule has 1 amide bonds. The zero-order valence-electron chi connectivity index (χ0n) is 16.6. The fourth-order valence-electron chi connectivity index (χ4n) is 2.63. The first-order valence-corrected chi connectivity index (χ1v) is 9.34. The normalized spacial score (nSPS) is 11.4. The fraction of sp³-hybridized carbons (Fsp3) is 0.364. The summed E-state index contributed by atoms with van der Waals surface area (Å²) < 4.78 is 15.9. The summed E-state index contributed by atoms with van der Waals surface area (Å²) >= 11 is 0. The van der Waals surface area contributed by atoms with E-state index in [1.165, 1.54) is 0 Å². The van der Waals surface area contributed by atoms with Crippen molar-refractivity contribution >= 4 is 11.9 Å². The summed E-state index contributed by atoms with van der Waals surface area (Å²) in [4.78, 5) is 24.2. The van der Waals surface area contributed by atoms with Gasteiger partial charge in [0.1, 0.15) is 11.5 Å². The van der Waals surface area contributed by atoms with Crippen LogP contribution in [0.5, 0.6) is 11.5 Å². The number of carbonyl (C=O) groups excluding carboxylic acids is 2. The van der Waals surface area contributed by atoms with Gasteiger partial charge in [0.15, 0.2) is 6.10 Å². The number of esters is 1. The topological polar surface area (TPSA) is 73.9 Å². The van der Waals surface area contributed by atoms with Crippen LogP contribution in [0, 0.1) is 0 Å². The Kier molecular flexibility index (Phi) is 8.34. The van der Waals surface area contributed by atoms with Gasteiger partial charge >= 0.3 is 5.97 Å². The Bertz CT molecular complexity index is 773. The van der Waals surface area contributed by atoms with Crippen LogP contribution in [0.2, 0.25) is 0 Å². The molecule has 0 unspecified atom stereocenters. The third kappa shape index (κ3) is 6.61. The first-order valence-electron chi connectivity index (χ1n) is 9.34. The van der Waals surface area contributed by atoms with Gasteiger partial charge in [-0.2, -0.15) is 0 Å². The first-order chi connectivity index (χ1) is 13.5. The molecule has 0 saturated heterocycles. The van der Waals surface area contributed by atoms with Gasteiger partial charge in [0.25, 0.3) is 5.91 Å². The number of nitrogens with one attached hydrogen (secondary N) is 1.